The van der Waals surface area contributed by atoms with E-state index in [1.54, 1.807) is 18.4 Å². The lowest BCUT2D eigenvalue weighted by molar-refractivity contribution is -0.112. The molecule has 4 heteroatoms. The zero-order valence-electron chi connectivity index (χ0n) is 8.84. The van der Waals surface area contributed by atoms with Crippen molar-refractivity contribution in [1.29, 1.82) is 0 Å². The molecule has 1 aliphatic rings. The van der Waals surface area contributed by atoms with Gasteiger partial charge in [-0.3, -0.25) is 4.79 Å². The largest absolute Gasteiger partial charge is 0.465 e. The van der Waals surface area contributed by atoms with Crippen LogP contribution in [0.15, 0.2) is 56.9 Å². The Bertz CT molecular complexity index is 587. The number of rotatable bonds is 1. The average molecular weight is 243 g/mol. The van der Waals surface area contributed by atoms with E-state index in [0.717, 1.165) is 10.6 Å². The van der Waals surface area contributed by atoms with Crippen molar-refractivity contribution < 1.29 is 9.21 Å². The van der Waals surface area contributed by atoms with Crippen molar-refractivity contribution >= 4 is 29.4 Å². The van der Waals surface area contributed by atoms with Crippen LogP contribution in [0.5, 0.6) is 0 Å². The van der Waals surface area contributed by atoms with Crippen LogP contribution in [0, 0.1) is 0 Å². The van der Waals surface area contributed by atoms with Gasteiger partial charge in [-0.05, 0) is 24.3 Å². The zero-order valence-corrected chi connectivity index (χ0v) is 9.66. The minimum Gasteiger partial charge on any atom is -0.465 e. The van der Waals surface area contributed by atoms with Crippen LogP contribution in [-0.2, 0) is 4.79 Å². The molecule has 1 aromatic carbocycles. The summed E-state index contributed by atoms with van der Waals surface area (Å²) in [5.74, 6) is 0.590. The second-order valence-electron chi connectivity index (χ2n) is 3.58. The highest BCUT2D eigenvalue weighted by Gasteiger charge is 2.20. The quantitative estimate of drug-likeness (QED) is 0.781. The van der Waals surface area contributed by atoms with Gasteiger partial charge >= 0.3 is 0 Å². The van der Waals surface area contributed by atoms with E-state index in [4.69, 9.17) is 4.42 Å². The topological polar surface area (TPSA) is 42.2 Å². The number of para-hydroxylation sites is 1. The fourth-order valence-electron chi connectivity index (χ4n) is 1.61. The second kappa shape index (κ2) is 4.14. The van der Waals surface area contributed by atoms with Crippen LogP contribution >= 0.6 is 11.8 Å². The number of furan rings is 1. The van der Waals surface area contributed by atoms with E-state index >= 15 is 0 Å². The maximum absolute atomic E-state index is 11.8. The molecule has 0 spiro atoms. The molecule has 0 saturated heterocycles. The normalized spacial score (nSPS) is 16.7. The minimum atomic E-state index is -0.0925. The third-order valence-electron chi connectivity index (χ3n) is 2.40. The summed E-state index contributed by atoms with van der Waals surface area (Å²) < 4.78 is 5.20. The number of hydrogen-bond donors (Lipinski definition) is 1. The Balaban J connectivity index is 1.97. The predicted octanol–water partition coefficient (Wildman–Crippen LogP) is 3.36. The summed E-state index contributed by atoms with van der Waals surface area (Å²) in [4.78, 5) is 13.5. The fraction of sp³-hybridized carbons (Fsp3) is 0. The highest BCUT2D eigenvalue weighted by molar-refractivity contribution is 8.04. The van der Waals surface area contributed by atoms with Gasteiger partial charge in [0.15, 0.2) is 0 Å². The first-order valence-electron chi connectivity index (χ1n) is 5.16. The van der Waals surface area contributed by atoms with Crippen LogP contribution < -0.4 is 5.32 Å². The molecule has 2 aromatic rings. The Morgan fingerprint density at radius 3 is 2.88 bits per heavy atom. The molecule has 3 rings (SSSR count). The predicted molar refractivity (Wildman–Crippen MR) is 67.6 cm³/mol. The van der Waals surface area contributed by atoms with E-state index in [0.29, 0.717) is 10.7 Å². The molecule has 0 unspecified atom stereocenters. The summed E-state index contributed by atoms with van der Waals surface area (Å²) in [6, 6.07) is 11.3. The Kier molecular flexibility index (Phi) is 2.49. The van der Waals surface area contributed by atoms with Crippen LogP contribution in [0.3, 0.4) is 0 Å². The van der Waals surface area contributed by atoms with E-state index in [-0.39, 0.29) is 5.91 Å². The highest BCUT2D eigenvalue weighted by Crippen LogP contribution is 2.38. The molecule has 1 aliphatic heterocycles. The summed E-state index contributed by atoms with van der Waals surface area (Å²) in [7, 11) is 0. The van der Waals surface area contributed by atoms with Gasteiger partial charge in [0, 0.05) is 11.0 Å². The molecule has 3 nitrogen and oxygen atoms in total. The van der Waals surface area contributed by atoms with Gasteiger partial charge in [-0.15, -0.1) is 0 Å². The summed E-state index contributed by atoms with van der Waals surface area (Å²) in [6.07, 6.45) is 3.33. The third-order valence-corrected chi connectivity index (χ3v) is 3.49. The molecular formula is C13H9NO2S. The first kappa shape index (κ1) is 10.2. The van der Waals surface area contributed by atoms with E-state index in [1.807, 2.05) is 30.3 Å². The lowest BCUT2D eigenvalue weighted by Gasteiger charge is -2.17. The number of benzene rings is 1. The Labute approximate surface area is 103 Å². The van der Waals surface area contributed by atoms with Gasteiger partial charge in [0.05, 0.1) is 16.9 Å². The molecule has 84 valence electrons. The van der Waals surface area contributed by atoms with Crippen molar-refractivity contribution in [3.63, 3.8) is 0 Å². The van der Waals surface area contributed by atoms with Crippen molar-refractivity contribution in [1.82, 2.24) is 0 Å². The standard InChI is InChI=1S/C13H9NO2S/c15-13-12(8-9-4-3-7-16-9)17-11-6-2-1-5-10(11)14-13/h1-8H,(H,14,15). The maximum atomic E-state index is 11.8. The van der Waals surface area contributed by atoms with Gasteiger partial charge in [0.25, 0.3) is 5.91 Å². The number of hydrogen-bond acceptors (Lipinski definition) is 3. The fourth-order valence-corrected chi connectivity index (χ4v) is 2.54. The number of amides is 1. The maximum Gasteiger partial charge on any atom is 0.262 e. The molecule has 0 saturated carbocycles. The van der Waals surface area contributed by atoms with Crippen LogP contribution in [0.1, 0.15) is 5.76 Å². The third kappa shape index (κ3) is 1.99. The van der Waals surface area contributed by atoms with E-state index in [9.17, 15) is 4.79 Å². The number of anilines is 1. The number of carbonyl (C=O) groups is 1. The smallest absolute Gasteiger partial charge is 0.262 e. The number of fused-ring (bicyclic) bond motifs is 1. The zero-order chi connectivity index (χ0) is 11.7. The van der Waals surface area contributed by atoms with Crippen molar-refractivity contribution in [3.05, 3.63) is 53.3 Å². The van der Waals surface area contributed by atoms with Crippen LogP contribution in [0.4, 0.5) is 5.69 Å². The van der Waals surface area contributed by atoms with Crippen molar-refractivity contribution in [2.45, 2.75) is 4.90 Å². The first-order valence-corrected chi connectivity index (χ1v) is 5.98. The van der Waals surface area contributed by atoms with E-state index in [1.165, 1.54) is 11.8 Å². The summed E-state index contributed by atoms with van der Waals surface area (Å²) in [6.45, 7) is 0. The van der Waals surface area contributed by atoms with E-state index < -0.39 is 0 Å². The van der Waals surface area contributed by atoms with Crippen LogP contribution in [0.25, 0.3) is 6.08 Å². The summed E-state index contributed by atoms with van der Waals surface area (Å²) in [5, 5.41) is 2.85. The summed E-state index contributed by atoms with van der Waals surface area (Å²) >= 11 is 1.45. The van der Waals surface area contributed by atoms with Gasteiger partial charge in [-0.2, -0.15) is 0 Å². The Hall–Kier alpha value is -1.94. The molecule has 1 amide bonds. The van der Waals surface area contributed by atoms with Crippen molar-refractivity contribution in [2.75, 3.05) is 5.32 Å². The van der Waals surface area contributed by atoms with Gasteiger partial charge in [0.1, 0.15) is 5.76 Å². The van der Waals surface area contributed by atoms with Crippen molar-refractivity contribution in [3.8, 4) is 0 Å². The van der Waals surface area contributed by atoms with Gasteiger partial charge < -0.3 is 9.73 Å². The Morgan fingerprint density at radius 1 is 1.18 bits per heavy atom. The monoisotopic (exact) mass is 243 g/mol. The van der Waals surface area contributed by atoms with Crippen LogP contribution in [-0.4, -0.2) is 5.91 Å². The second-order valence-corrected chi connectivity index (χ2v) is 4.66. The summed E-state index contributed by atoms with van der Waals surface area (Å²) in [5.41, 5.74) is 0.860. The molecule has 0 fully saturated rings. The molecular weight excluding hydrogens is 234 g/mol. The molecule has 0 atom stereocenters. The molecule has 17 heavy (non-hydrogen) atoms. The number of thioether (sulfide) groups is 1. The SMILES string of the molecule is O=C1Nc2ccccc2SC1=Cc1ccco1. The van der Waals surface area contributed by atoms with E-state index in [2.05, 4.69) is 5.32 Å². The minimum absolute atomic E-state index is 0.0925. The van der Waals surface area contributed by atoms with Gasteiger partial charge in [-0.25, -0.2) is 0 Å². The molecule has 1 N–H and O–H groups in total. The lowest BCUT2D eigenvalue weighted by atomic mass is 10.3. The lowest BCUT2D eigenvalue weighted by Crippen LogP contribution is -2.16. The molecule has 0 aliphatic carbocycles. The highest BCUT2D eigenvalue weighted by atomic mass is 32.2. The van der Waals surface area contributed by atoms with Gasteiger partial charge in [-0.1, -0.05) is 23.9 Å². The number of carbonyl (C=O) groups excluding carboxylic acids is 1. The first-order chi connectivity index (χ1) is 8.33. The van der Waals surface area contributed by atoms with Gasteiger partial charge in [0.2, 0.25) is 0 Å². The molecule has 1 aromatic heterocycles. The Morgan fingerprint density at radius 2 is 2.06 bits per heavy atom. The molecule has 2 heterocycles. The molecule has 0 radical (unpaired) electrons. The van der Waals surface area contributed by atoms with Crippen molar-refractivity contribution in [2.24, 2.45) is 0 Å². The number of nitrogens with one attached hydrogen (secondary N) is 1. The van der Waals surface area contributed by atoms with Crippen LogP contribution in [0.2, 0.25) is 0 Å². The molecule has 0 bridgehead atoms. The average Bonchev–Trinajstić information content (AvgIpc) is 2.83.